The van der Waals surface area contributed by atoms with Crippen molar-refractivity contribution in [2.75, 3.05) is 13.7 Å². The van der Waals surface area contributed by atoms with Gasteiger partial charge in [-0.25, -0.2) is 4.79 Å². The molecule has 102 valence electrons. The zero-order valence-electron chi connectivity index (χ0n) is 10.5. The highest BCUT2D eigenvalue weighted by molar-refractivity contribution is 6.08. The number of imide groups is 1. The van der Waals surface area contributed by atoms with Gasteiger partial charge in [-0.1, -0.05) is 12.2 Å². The number of aliphatic carboxylic acids is 1. The first-order valence-corrected chi connectivity index (χ1v) is 6.33. The first kappa shape index (κ1) is 12.3. The van der Waals surface area contributed by atoms with Crippen LogP contribution < -0.4 is 0 Å². The summed E-state index contributed by atoms with van der Waals surface area (Å²) >= 11 is 0. The summed E-state index contributed by atoms with van der Waals surface area (Å²) in [4.78, 5) is 36.9. The molecule has 1 N–H and O–H groups in total. The number of carboxylic acid groups (broad SMARTS) is 1. The van der Waals surface area contributed by atoms with E-state index in [0.717, 1.165) is 11.3 Å². The number of allylic oxidation sites excluding steroid dienone is 2. The summed E-state index contributed by atoms with van der Waals surface area (Å²) in [6, 6.07) is -1.21. The number of likely N-dealkylation sites (tertiary alicyclic amines) is 1. The predicted octanol–water partition coefficient (Wildman–Crippen LogP) is -0.107. The first-order chi connectivity index (χ1) is 9.06. The number of methoxy groups -OCH3 is 1. The lowest BCUT2D eigenvalue weighted by Gasteiger charge is -2.23. The smallest absolute Gasteiger partial charge is 0.329 e. The number of carbonyl (C=O) groups is 3. The van der Waals surface area contributed by atoms with Crippen molar-refractivity contribution >= 4 is 17.8 Å². The van der Waals surface area contributed by atoms with Crippen molar-refractivity contribution in [3.05, 3.63) is 12.2 Å². The Bertz CT molecular complexity index is 455. The van der Waals surface area contributed by atoms with Gasteiger partial charge in [0.1, 0.15) is 0 Å². The quantitative estimate of drug-likeness (QED) is 0.566. The van der Waals surface area contributed by atoms with Gasteiger partial charge in [0.05, 0.1) is 18.4 Å². The standard InChI is InChI=1S/C13H15NO5/c1-19-5-8(13(17)18)14-11(15)9-6-2-3-7(4-6)10(9)12(14)16/h2-3,6-10H,4-5H2,1H3,(H,17,18). The first-order valence-electron chi connectivity index (χ1n) is 6.33. The average molecular weight is 265 g/mol. The third-order valence-electron chi connectivity index (χ3n) is 4.43. The maximum absolute atomic E-state index is 12.4. The fraction of sp³-hybridized carbons (Fsp3) is 0.615. The van der Waals surface area contributed by atoms with Gasteiger partial charge in [-0.15, -0.1) is 0 Å². The number of hydrogen-bond acceptors (Lipinski definition) is 4. The van der Waals surface area contributed by atoms with E-state index in [9.17, 15) is 14.4 Å². The molecule has 2 amide bonds. The number of fused-ring (bicyclic) bond motifs is 5. The van der Waals surface area contributed by atoms with E-state index < -0.39 is 12.0 Å². The summed E-state index contributed by atoms with van der Waals surface area (Å²) < 4.78 is 4.82. The summed E-state index contributed by atoms with van der Waals surface area (Å²) in [5, 5.41) is 9.17. The zero-order chi connectivity index (χ0) is 13.7. The summed E-state index contributed by atoms with van der Waals surface area (Å²) in [6.45, 7) is -0.172. The van der Waals surface area contributed by atoms with Crippen LogP contribution in [0.2, 0.25) is 0 Å². The number of rotatable bonds is 4. The Hall–Kier alpha value is -1.69. The molecule has 2 fully saturated rings. The molecule has 0 radical (unpaired) electrons. The lowest BCUT2D eigenvalue weighted by molar-refractivity contribution is -0.157. The van der Waals surface area contributed by atoms with E-state index in [4.69, 9.17) is 9.84 Å². The van der Waals surface area contributed by atoms with Crippen LogP contribution in [0.1, 0.15) is 6.42 Å². The molecule has 0 aromatic rings. The lowest BCUT2D eigenvalue weighted by atomic mass is 9.85. The van der Waals surface area contributed by atoms with Crippen LogP contribution in [-0.4, -0.2) is 47.5 Å². The van der Waals surface area contributed by atoms with Gasteiger partial charge < -0.3 is 9.84 Å². The topological polar surface area (TPSA) is 83.9 Å². The van der Waals surface area contributed by atoms with E-state index in [1.807, 2.05) is 12.2 Å². The molecule has 2 aliphatic carbocycles. The minimum atomic E-state index is -1.21. The molecular weight excluding hydrogens is 250 g/mol. The summed E-state index contributed by atoms with van der Waals surface area (Å²) in [7, 11) is 1.35. The van der Waals surface area contributed by atoms with Crippen molar-refractivity contribution in [3.8, 4) is 0 Å². The van der Waals surface area contributed by atoms with Crippen LogP contribution in [0.5, 0.6) is 0 Å². The van der Waals surface area contributed by atoms with Crippen molar-refractivity contribution in [2.24, 2.45) is 23.7 Å². The highest BCUT2D eigenvalue weighted by Crippen LogP contribution is 2.52. The Labute approximate surface area is 110 Å². The second-order valence-corrected chi connectivity index (χ2v) is 5.36. The summed E-state index contributed by atoms with van der Waals surface area (Å²) in [5.41, 5.74) is 0. The van der Waals surface area contributed by atoms with Gasteiger partial charge in [0.2, 0.25) is 11.8 Å². The monoisotopic (exact) mass is 265 g/mol. The SMILES string of the molecule is COCC(C(=O)O)N1C(=O)C2C3C=CC(C3)C2C1=O. The highest BCUT2D eigenvalue weighted by Gasteiger charge is 2.61. The maximum Gasteiger partial charge on any atom is 0.329 e. The number of nitrogens with zero attached hydrogens (tertiary/aromatic N) is 1. The van der Waals surface area contributed by atoms with E-state index in [2.05, 4.69) is 0 Å². The Morgan fingerprint density at radius 3 is 2.32 bits per heavy atom. The van der Waals surface area contributed by atoms with Crippen LogP contribution in [0, 0.1) is 23.7 Å². The van der Waals surface area contributed by atoms with E-state index >= 15 is 0 Å². The van der Waals surface area contributed by atoms with Gasteiger partial charge in [0.15, 0.2) is 6.04 Å². The molecule has 2 bridgehead atoms. The normalized spacial score (nSPS) is 37.0. The molecular formula is C13H15NO5. The van der Waals surface area contributed by atoms with Gasteiger partial charge in [-0.2, -0.15) is 0 Å². The Balaban J connectivity index is 1.91. The van der Waals surface area contributed by atoms with Crippen LogP contribution in [0.3, 0.4) is 0 Å². The molecule has 0 aromatic carbocycles. The second-order valence-electron chi connectivity index (χ2n) is 5.36. The molecule has 1 heterocycles. The van der Waals surface area contributed by atoms with Gasteiger partial charge >= 0.3 is 5.97 Å². The second kappa shape index (κ2) is 4.16. The number of hydrogen-bond donors (Lipinski definition) is 1. The van der Waals surface area contributed by atoms with Crippen molar-refractivity contribution in [3.63, 3.8) is 0 Å². The number of ether oxygens (including phenoxy) is 1. The largest absolute Gasteiger partial charge is 0.480 e. The molecule has 1 aliphatic heterocycles. The molecule has 6 heteroatoms. The van der Waals surface area contributed by atoms with Crippen LogP contribution >= 0.6 is 0 Å². The maximum atomic E-state index is 12.4. The van der Waals surface area contributed by atoms with E-state index in [-0.39, 0.29) is 42.1 Å². The minimum absolute atomic E-state index is 0.0911. The Morgan fingerprint density at radius 1 is 1.37 bits per heavy atom. The van der Waals surface area contributed by atoms with Crippen LogP contribution in [0.25, 0.3) is 0 Å². The third-order valence-corrected chi connectivity index (χ3v) is 4.43. The molecule has 5 unspecified atom stereocenters. The highest BCUT2D eigenvalue weighted by atomic mass is 16.5. The fourth-order valence-electron chi connectivity index (χ4n) is 3.65. The molecule has 3 rings (SSSR count). The molecule has 3 aliphatic rings. The molecule has 5 atom stereocenters. The van der Waals surface area contributed by atoms with Gasteiger partial charge in [0, 0.05) is 7.11 Å². The number of amides is 2. The third kappa shape index (κ3) is 1.56. The summed E-state index contributed by atoms with van der Waals surface area (Å²) in [5.74, 6) is -2.44. The predicted molar refractivity (Wildman–Crippen MR) is 62.9 cm³/mol. The van der Waals surface area contributed by atoms with Crippen LogP contribution in [-0.2, 0) is 19.1 Å². The Kier molecular flexibility index (Phi) is 2.70. The molecule has 0 spiro atoms. The molecule has 6 nitrogen and oxygen atoms in total. The molecule has 1 saturated heterocycles. The van der Waals surface area contributed by atoms with Gasteiger partial charge in [-0.05, 0) is 18.3 Å². The van der Waals surface area contributed by atoms with Gasteiger partial charge in [-0.3, -0.25) is 14.5 Å². The number of carbonyl (C=O) groups excluding carboxylic acids is 2. The molecule has 1 saturated carbocycles. The van der Waals surface area contributed by atoms with Crippen molar-refractivity contribution in [1.82, 2.24) is 4.90 Å². The average Bonchev–Trinajstić information content (AvgIpc) is 3.02. The van der Waals surface area contributed by atoms with Crippen molar-refractivity contribution in [2.45, 2.75) is 12.5 Å². The van der Waals surface area contributed by atoms with Crippen LogP contribution in [0.4, 0.5) is 0 Å². The Morgan fingerprint density at radius 2 is 1.89 bits per heavy atom. The van der Waals surface area contributed by atoms with Gasteiger partial charge in [0.25, 0.3) is 0 Å². The fourth-order valence-corrected chi connectivity index (χ4v) is 3.65. The zero-order valence-corrected chi connectivity index (χ0v) is 10.5. The minimum Gasteiger partial charge on any atom is -0.480 e. The van der Waals surface area contributed by atoms with E-state index in [1.54, 1.807) is 0 Å². The molecule has 0 aromatic heterocycles. The van der Waals surface area contributed by atoms with Crippen molar-refractivity contribution < 1.29 is 24.2 Å². The lowest BCUT2D eigenvalue weighted by Crippen LogP contribution is -2.48. The molecule has 19 heavy (non-hydrogen) atoms. The van der Waals surface area contributed by atoms with Crippen molar-refractivity contribution in [1.29, 1.82) is 0 Å². The summed E-state index contributed by atoms with van der Waals surface area (Å²) in [6.07, 6.45) is 4.79. The van der Waals surface area contributed by atoms with E-state index in [0.29, 0.717) is 0 Å². The van der Waals surface area contributed by atoms with E-state index in [1.165, 1.54) is 7.11 Å². The number of carboxylic acids is 1. The van der Waals surface area contributed by atoms with Crippen LogP contribution in [0.15, 0.2) is 12.2 Å².